The van der Waals surface area contributed by atoms with Crippen molar-refractivity contribution in [2.45, 2.75) is 12.5 Å². The number of aliphatic hydroxyl groups is 1. The molecule has 1 aliphatic heterocycles. The smallest absolute Gasteiger partial charge is 0.231 e. The summed E-state index contributed by atoms with van der Waals surface area (Å²) < 4.78 is 16.1. The molecular weight excluding hydrogens is 380 g/mol. The van der Waals surface area contributed by atoms with E-state index in [4.69, 9.17) is 24.2 Å². The first-order valence-corrected chi connectivity index (χ1v) is 9.60. The summed E-state index contributed by atoms with van der Waals surface area (Å²) in [6.45, 7) is 1.95. The van der Waals surface area contributed by atoms with Gasteiger partial charge in [-0.2, -0.15) is 0 Å². The third-order valence-corrected chi connectivity index (χ3v) is 5.35. The first kappa shape index (κ1) is 18.4. The van der Waals surface area contributed by atoms with Gasteiger partial charge in [0.2, 0.25) is 6.79 Å². The second-order valence-electron chi connectivity index (χ2n) is 7.28. The number of ether oxygens (including phenoxy) is 3. The normalized spacial score (nSPS) is 14.5. The van der Waals surface area contributed by atoms with E-state index >= 15 is 0 Å². The third kappa shape index (κ3) is 3.02. The lowest BCUT2D eigenvalue weighted by Crippen LogP contribution is -2.25. The maximum Gasteiger partial charge on any atom is 0.231 e. The van der Waals surface area contributed by atoms with Crippen LogP contribution in [0.2, 0.25) is 0 Å². The van der Waals surface area contributed by atoms with Crippen LogP contribution in [0.4, 0.5) is 0 Å². The van der Waals surface area contributed by atoms with Gasteiger partial charge in [0, 0.05) is 10.9 Å². The van der Waals surface area contributed by atoms with Crippen molar-refractivity contribution in [3.05, 3.63) is 78.0 Å². The summed E-state index contributed by atoms with van der Waals surface area (Å²) in [7, 11) is 1.61. The number of methoxy groups -OCH3 is 1. The minimum Gasteiger partial charge on any atom is -0.497 e. The third-order valence-electron chi connectivity index (χ3n) is 5.35. The summed E-state index contributed by atoms with van der Waals surface area (Å²) in [5.74, 6) is 2.59. The molecular formula is C24H20N2O4. The second-order valence-corrected chi connectivity index (χ2v) is 7.28. The molecule has 30 heavy (non-hydrogen) atoms. The molecule has 150 valence electrons. The zero-order chi connectivity index (χ0) is 20.7. The minimum atomic E-state index is -1.33. The van der Waals surface area contributed by atoms with Crippen molar-refractivity contribution in [1.29, 1.82) is 0 Å². The Morgan fingerprint density at radius 3 is 2.50 bits per heavy atom. The summed E-state index contributed by atoms with van der Waals surface area (Å²) in [5.41, 5.74) is 1.45. The van der Waals surface area contributed by atoms with E-state index in [1.54, 1.807) is 14.0 Å². The number of aromatic nitrogens is 2. The molecule has 5 rings (SSSR count). The Bertz CT molecular complexity index is 1240. The number of hydrogen-bond donors (Lipinski definition) is 1. The van der Waals surface area contributed by atoms with Gasteiger partial charge in [-0.15, -0.1) is 0 Å². The fourth-order valence-electron chi connectivity index (χ4n) is 3.66. The minimum absolute atomic E-state index is 0.203. The van der Waals surface area contributed by atoms with Crippen LogP contribution in [0.15, 0.2) is 66.7 Å². The lowest BCUT2D eigenvalue weighted by molar-refractivity contribution is 0.0991. The van der Waals surface area contributed by atoms with Gasteiger partial charge in [-0.1, -0.05) is 30.3 Å². The predicted molar refractivity (Wildman–Crippen MR) is 113 cm³/mol. The van der Waals surface area contributed by atoms with Crippen molar-refractivity contribution >= 4 is 10.9 Å². The molecule has 0 fully saturated rings. The highest BCUT2D eigenvalue weighted by molar-refractivity contribution is 5.84. The highest BCUT2D eigenvalue weighted by atomic mass is 16.7. The molecule has 1 aliphatic rings. The Morgan fingerprint density at radius 2 is 1.70 bits per heavy atom. The molecule has 2 heterocycles. The highest BCUT2D eigenvalue weighted by Gasteiger charge is 2.30. The topological polar surface area (TPSA) is 73.7 Å². The molecule has 0 saturated heterocycles. The quantitative estimate of drug-likeness (QED) is 0.551. The van der Waals surface area contributed by atoms with Crippen molar-refractivity contribution in [2.75, 3.05) is 13.9 Å². The van der Waals surface area contributed by atoms with Gasteiger partial charge in [0.05, 0.1) is 18.3 Å². The van der Waals surface area contributed by atoms with E-state index in [-0.39, 0.29) is 6.79 Å². The van der Waals surface area contributed by atoms with Crippen LogP contribution < -0.4 is 14.2 Å². The van der Waals surface area contributed by atoms with Gasteiger partial charge in [0.1, 0.15) is 11.4 Å². The predicted octanol–water partition coefficient (Wildman–Crippen LogP) is 4.29. The average Bonchev–Trinajstić information content (AvgIpc) is 3.26. The second kappa shape index (κ2) is 7.00. The summed E-state index contributed by atoms with van der Waals surface area (Å²) in [6, 6.07) is 20.6. The Balaban J connectivity index is 1.69. The molecule has 6 nitrogen and oxygen atoms in total. The Kier molecular flexibility index (Phi) is 4.29. The Hall–Kier alpha value is -3.64. The van der Waals surface area contributed by atoms with Crippen molar-refractivity contribution < 1.29 is 19.3 Å². The van der Waals surface area contributed by atoms with Crippen molar-refractivity contribution in [1.82, 2.24) is 9.97 Å². The van der Waals surface area contributed by atoms with E-state index in [0.717, 1.165) is 22.2 Å². The van der Waals surface area contributed by atoms with E-state index in [1.165, 1.54) is 0 Å². The van der Waals surface area contributed by atoms with E-state index in [9.17, 15) is 5.11 Å². The van der Waals surface area contributed by atoms with Crippen LogP contribution in [0, 0.1) is 0 Å². The van der Waals surface area contributed by atoms with E-state index in [0.29, 0.717) is 28.6 Å². The van der Waals surface area contributed by atoms with Gasteiger partial charge < -0.3 is 19.3 Å². The van der Waals surface area contributed by atoms with Crippen LogP contribution in [-0.4, -0.2) is 29.0 Å². The van der Waals surface area contributed by atoms with Crippen LogP contribution in [0.5, 0.6) is 17.2 Å². The summed E-state index contributed by atoms with van der Waals surface area (Å²) in [4.78, 5) is 9.53. The highest BCUT2D eigenvalue weighted by Crippen LogP contribution is 2.38. The van der Waals surface area contributed by atoms with Gasteiger partial charge in [-0.25, -0.2) is 9.97 Å². The van der Waals surface area contributed by atoms with Crippen molar-refractivity contribution in [3.8, 4) is 28.6 Å². The summed E-state index contributed by atoms with van der Waals surface area (Å²) in [5, 5.41) is 12.4. The zero-order valence-corrected chi connectivity index (χ0v) is 16.6. The zero-order valence-electron chi connectivity index (χ0n) is 16.6. The molecule has 0 bridgehead atoms. The average molecular weight is 400 g/mol. The molecule has 3 aromatic carbocycles. The first-order chi connectivity index (χ1) is 14.6. The fourth-order valence-corrected chi connectivity index (χ4v) is 3.66. The van der Waals surface area contributed by atoms with Crippen molar-refractivity contribution in [3.63, 3.8) is 0 Å². The molecule has 0 amide bonds. The Morgan fingerprint density at radius 1 is 0.933 bits per heavy atom. The van der Waals surface area contributed by atoms with Crippen molar-refractivity contribution in [2.24, 2.45) is 0 Å². The van der Waals surface area contributed by atoms with Gasteiger partial charge in [0.25, 0.3) is 0 Å². The number of rotatable bonds is 4. The van der Waals surface area contributed by atoms with Gasteiger partial charge in [0.15, 0.2) is 17.3 Å². The summed E-state index contributed by atoms with van der Waals surface area (Å²) in [6.07, 6.45) is 0. The number of hydrogen-bond acceptors (Lipinski definition) is 6. The van der Waals surface area contributed by atoms with E-state index in [2.05, 4.69) is 0 Å². The molecule has 1 unspecified atom stereocenters. The van der Waals surface area contributed by atoms with Crippen LogP contribution in [0.3, 0.4) is 0 Å². The molecule has 0 saturated carbocycles. The molecule has 1 N–H and O–H groups in total. The number of nitrogens with zero attached hydrogens (tertiary/aromatic N) is 2. The SMILES string of the molecule is COc1ccc(C(C)(O)c2nc(-c3ccc4c(c3)OCO4)nc3ccccc23)cc1. The van der Waals surface area contributed by atoms with E-state index < -0.39 is 5.60 Å². The van der Waals surface area contributed by atoms with Gasteiger partial charge in [-0.3, -0.25) is 0 Å². The van der Waals surface area contributed by atoms with Gasteiger partial charge in [-0.05, 0) is 48.9 Å². The molecule has 1 aromatic heterocycles. The maximum atomic E-state index is 11.6. The number of fused-ring (bicyclic) bond motifs is 2. The first-order valence-electron chi connectivity index (χ1n) is 9.60. The van der Waals surface area contributed by atoms with Gasteiger partial charge >= 0.3 is 0 Å². The molecule has 4 aromatic rings. The van der Waals surface area contributed by atoms with Crippen LogP contribution in [0.25, 0.3) is 22.3 Å². The molecule has 1 atom stereocenters. The molecule has 0 aliphatic carbocycles. The number of para-hydroxylation sites is 1. The van der Waals surface area contributed by atoms with Crippen LogP contribution in [-0.2, 0) is 5.60 Å². The maximum absolute atomic E-state index is 11.6. The summed E-state index contributed by atoms with van der Waals surface area (Å²) >= 11 is 0. The molecule has 6 heteroatoms. The lowest BCUT2D eigenvalue weighted by atomic mass is 9.89. The standard InChI is InChI=1S/C24H20N2O4/c1-24(27,16-8-10-17(28-2)11-9-16)22-18-5-3-4-6-19(18)25-23(26-22)15-7-12-20-21(13-15)30-14-29-20/h3-13,27H,14H2,1-2H3. The Labute approximate surface area is 173 Å². The fraction of sp³-hybridized carbons (Fsp3) is 0.167. The monoisotopic (exact) mass is 400 g/mol. The van der Waals surface area contributed by atoms with Crippen LogP contribution >= 0.6 is 0 Å². The molecule has 0 radical (unpaired) electrons. The van der Waals surface area contributed by atoms with Crippen LogP contribution in [0.1, 0.15) is 18.2 Å². The van der Waals surface area contributed by atoms with E-state index in [1.807, 2.05) is 66.7 Å². The lowest BCUT2D eigenvalue weighted by Gasteiger charge is -2.25. The molecule has 0 spiro atoms. The number of benzene rings is 3. The largest absolute Gasteiger partial charge is 0.497 e.